The fourth-order valence-electron chi connectivity index (χ4n) is 4.48. The second kappa shape index (κ2) is 7.08. The number of hydrogen-bond acceptors (Lipinski definition) is 3. The number of likely N-dealkylation sites (tertiary alicyclic amines) is 1. The lowest BCUT2D eigenvalue weighted by atomic mass is 9.90. The van der Waals surface area contributed by atoms with Gasteiger partial charge in [0.1, 0.15) is 0 Å². The van der Waals surface area contributed by atoms with E-state index in [4.69, 9.17) is 4.98 Å². The minimum Gasteiger partial charge on any atom is -0.338 e. The molecule has 1 aliphatic heterocycles. The van der Waals surface area contributed by atoms with E-state index >= 15 is 0 Å². The standard InChI is InChI=1S/C23H24N2OS/c26-23(18-12-11-16-6-1-2-7-17(16)14-18)25-13-5-8-19(15-25)22-24-20-9-3-4-10-21(20)27-22/h3-4,9-12,14,19H,1-2,5-8,13,15H2/t19-/m0/s1. The van der Waals surface area contributed by atoms with E-state index in [1.807, 2.05) is 17.0 Å². The Morgan fingerprint density at radius 1 is 1.04 bits per heavy atom. The van der Waals surface area contributed by atoms with Crippen LogP contribution in [0.1, 0.15) is 58.1 Å². The molecule has 1 saturated heterocycles. The van der Waals surface area contributed by atoms with Gasteiger partial charge in [0.15, 0.2) is 0 Å². The number of rotatable bonds is 2. The van der Waals surface area contributed by atoms with Crippen LogP contribution in [0.15, 0.2) is 42.5 Å². The van der Waals surface area contributed by atoms with Gasteiger partial charge in [0.05, 0.1) is 15.2 Å². The number of amides is 1. The highest BCUT2D eigenvalue weighted by molar-refractivity contribution is 7.18. The molecule has 0 N–H and O–H groups in total. The number of thiazole rings is 1. The number of para-hydroxylation sites is 1. The highest BCUT2D eigenvalue weighted by Crippen LogP contribution is 2.33. The maximum absolute atomic E-state index is 13.1. The molecule has 0 radical (unpaired) electrons. The number of carbonyl (C=O) groups is 1. The van der Waals surface area contributed by atoms with Crippen molar-refractivity contribution in [1.29, 1.82) is 0 Å². The third-order valence-corrected chi connectivity index (χ3v) is 7.16. The number of fused-ring (bicyclic) bond motifs is 2. The predicted octanol–water partition coefficient (Wildman–Crippen LogP) is 5.19. The zero-order valence-corrected chi connectivity index (χ0v) is 16.3. The Hall–Kier alpha value is -2.20. The molecule has 1 fully saturated rings. The van der Waals surface area contributed by atoms with E-state index in [9.17, 15) is 4.79 Å². The number of benzene rings is 2. The molecule has 2 heterocycles. The quantitative estimate of drug-likeness (QED) is 0.616. The molecule has 1 aromatic heterocycles. The summed E-state index contributed by atoms with van der Waals surface area (Å²) in [6.45, 7) is 1.65. The van der Waals surface area contributed by atoms with Crippen LogP contribution in [-0.4, -0.2) is 28.9 Å². The Morgan fingerprint density at radius 2 is 1.89 bits per heavy atom. The molecule has 0 spiro atoms. The normalized spacial score (nSPS) is 19.9. The monoisotopic (exact) mass is 376 g/mol. The molecule has 2 aliphatic rings. The van der Waals surface area contributed by atoms with Crippen molar-refractivity contribution in [2.24, 2.45) is 0 Å². The molecule has 1 aliphatic carbocycles. The van der Waals surface area contributed by atoms with Crippen LogP contribution in [0.2, 0.25) is 0 Å². The second-order valence-corrected chi connectivity index (χ2v) is 8.86. The first-order valence-electron chi connectivity index (χ1n) is 10.0. The van der Waals surface area contributed by atoms with Gasteiger partial charge in [-0.1, -0.05) is 18.2 Å². The zero-order chi connectivity index (χ0) is 18.2. The molecule has 138 valence electrons. The molecule has 27 heavy (non-hydrogen) atoms. The van der Waals surface area contributed by atoms with Crippen LogP contribution < -0.4 is 0 Å². The molecule has 4 heteroatoms. The molecular formula is C23H24N2OS. The molecular weight excluding hydrogens is 352 g/mol. The van der Waals surface area contributed by atoms with Crippen molar-refractivity contribution < 1.29 is 4.79 Å². The molecule has 0 saturated carbocycles. The minimum atomic E-state index is 0.189. The summed E-state index contributed by atoms with van der Waals surface area (Å²) in [6, 6.07) is 14.7. The van der Waals surface area contributed by atoms with Gasteiger partial charge in [0, 0.05) is 24.6 Å². The Labute approximate surface area is 164 Å². The van der Waals surface area contributed by atoms with E-state index < -0.39 is 0 Å². The Morgan fingerprint density at radius 3 is 2.78 bits per heavy atom. The lowest BCUT2D eigenvalue weighted by molar-refractivity contribution is 0.0707. The maximum atomic E-state index is 13.1. The smallest absolute Gasteiger partial charge is 0.253 e. The van der Waals surface area contributed by atoms with Crippen LogP contribution in [0.3, 0.4) is 0 Å². The van der Waals surface area contributed by atoms with Crippen molar-refractivity contribution in [1.82, 2.24) is 9.88 Å². The first-order valence-corrected chi connectivity index (χ1v) is 10.9. The minimum absolute atomic E-state index is 0.189. The highest BCUT2D eigenvalue weighted by atomic mass is 32.1. The van der Waals surface area contributed by atoms with Crippen molar-refractivity contribution >= 4 is 27.5 Å². The fourth-order valence-corrected chi connectivity index (χ4v) is 5.57. The zero-order valence-electron chi connectivity index (χ0n) is 15.5. The van der Waals surface area contributed by atoms with Crippen LogP contribution >= 0.6 is 11.3 Å². The Kier molecular flexibility index (Phi) is 4.44. The van der Waals surface area contributed by atoms with Gasteiger partial charge in [-0.15, -0.1) is 11.3 Å². The largest absolute Gasteiger partial charge is 0.338 e. The third kappa shape index (κ3) is 3.27. The van der Waals surface area contributed by atoms with E-state index in [1.165, 1.54) is 33.7 Å². The number of nitrogens with zero attached hydrogens (tertiary/aromatic N) is 2. The number of piperidine rings is 1. The molecule has 3 nitrogen and oxygen atoms in total. The lowest BCUT2D eigenvalue weighted by Crippen LogP contribution is -2.39. The third-order valence-electron chi connectivity index (χ3n) is 5.96. The summed E-state index contributed by atoms with van der Waals surface area (Å²) in [5.74, 6) is 0.548. The maximum Gasteiger partial charge on any atom is 0.253 e. The number of carbonyl (C=O) groups excluding carboxylic acids is 1. The molecule has 1 amide bonds. The van der Waals surface area contributed by atoms with Gasteiger partial charge in [-0.25, -0.2) is 4.98 Å². The van der Waals surface area contributed by atoms with Crippen molar-refractivity contribution in [3.8, 4) is 0 Å². The van der Waals surface area contributed by atoms with Crippen LogP contribution in [0.5, 0.6) is 0 Å². The molecule has 3 aromatic rings. The van der Waals surface area contributed by atoms with Crippen molar-refractivity contribution in [2.75, 3.05) is 13.1 Å². The van der Waals surface area contributed by atoms with Gasteiger partial charge in [-0.05, 0) is 73.9 Å². The molecule has 1 atom stereocenters. The average Bonchev–Trinajstić information content (AvgIpc) is 3.17. The fraction of sp³-hybridized carbons (Fsp3) is 0.391. The SMILES string of the molecule is O=C(c1ccc2c(c1)CCCC2)N1CCC[C@H](c2nc3ccccc3s2)C1. The second-order valence-electron chi connectivity index (χ2n) is 7.80. The number of aryl methyl sites for hydroxylation is 2. The lowest BCUT2D eigenvalue weighted by Gasteiger charge is -2.32. The van der Waals surface area contributed by atoms with Gasteiger partial charge < -0.3 is 4.90 Å². The van der Waals surface area contributed by atoms with Gasteiger partial charge >= 0.3 is 0 Å². The summed E-state index contributed by atoms with van der Waals surface area (Å²) < 4.78 is 1.24. The van der Waals surface area contributed by atoms with Gasteiger partial charge in [-0.3, -0.25) is 4.79 Å². The average molecular weight is 377 g/mol. The molecule has 0 bridgehead atoms. The van der Waals surface area contributed by atoms with E-state index in [-0.39, 0.29) is 5.91 Å². The van der Waals surface area contributed by atoms with Crippen molar-refractivity contribution in [3.63, 3.8) is 0 Å². The molecule has 2 aromatic carbocycles. The van der Waals surface area contributed by atoms with Gasteiger partial charge in [0.25, 0.3) is 5.91 Å². The van der Waals surface area contributed by atoms with E-state index in [2.05, 4.69) is 30.3 Å². The Balaban J connectivity index is 1.36. The van der Waals surface area contributed by atoms with E-state index in [1.54, 1.807) is 11.3 Å². The summed E-state index contributed by atoms with van der Waals surface area (Å²) in [4.78, 5) is 20.0. The topological polar surface area (TPSA) is 33.2 Å². The molecule has 5 rings (SSSR count). The predicted molar refractivity (Wildman–Crippen MR) is 111 cm³/mol. The summed E-state index contributed by atoms with van der Waals surface area (Å²) in [5.41, 5.74) is 4.76. The van der Waals surface area contributed by atoms with Crippen LogP contribution in [0.4, 0.5) is 0 Å². The van der Waals surface area contributed by atoms with Crippen LogP contribution in [0, 0.1) is 0 Å². The summed E-state index contributed by atoms with van der Waals surface area (Å²) >= 11 is 1.78. The van der Waals surface area contributed by atoms with Gasteiger partial charge in [0.2, 0.25) is 0 Å². The highest BCUT2D eigenvalue weighted by Gasteiger charge is 2.28. The van der Waals surface area contributed by atoms with Crippen LogP contribution in [-0.2, 0) is 12.8 Å². The van der Waals surface area contributed by atoms with Crippen molar-refractivity contribution in [3.05, 3.63) is 64.2 Å². The first-order chi connectivity index (χ1) is 13.3. The summed E-state index contributed by atoms with van der Waals surface area (Å²) in [7, 11) is 0. The number of hydrogen-bond donors (Lipinski definition) is 0. The van der Waals surface area contributed by atoms with E-state index in [0.717, 1.165) is 49.9 Å². The Bertz CT molecular complexity index is 960. The first kappa shape index (κ1) is 16.9. The summed E-state index contributed by atoms with van der Waals surface area (Å²) in [5, 5.41) is 1.18. The van der Waals surface area contributed by atoms with E-state index in [0.29, 0.717) is 5.92 Å². The number of aromatic nitrogens is 1. The van der Waals surface area contributed by atoms with Gasteiger partial charge in [-0.2, -0.15) is 0 Å². The van der Waals surface area contributed by atoms with Crippen LogP contribution in [0.25, 0.3) is 10.2 Å². The van der Waals surface area contributed by atoms with Crippen molar-refractivity contribution in [2.45, 2.75) is 44.4 Å². The molecule has 0 unspecified atom stereocenters. The summed E-state index contributed by atoms with van der Waals surface area (Å²) in [6.07, 6.45) is 6.97.